The first-order valence-corrected chi connectivity index (χ1v) is 4.88. The van der Waals surface area contributed by atoms with Crippen molar-refractivity contribution in [2.45, 2.75) is 12.8 Å². The number of esters is 1. The molecule has 0 bridgehead atoms. The van der Waals surface area contributed by atoms with Gasteiger partial charge in [0.15, 0.2) is 0 Å². The van der Waals surface area contributed by atoms with Gasteiger partial charge in [-0.25, -0.2) is 13.6 Å². The fourth-order valence-corrected chi connectivity index (χ4v) is 1.30. The zero-order valence-corrected chi connectivity index (χ0v) is 9.98. The van der Waals surface area contributed by atoms with E-state index >= 15 is 0 Å². The summed E-state index contributed by atoms with van der Waals surface area (Å²) >= 11 is 0. The first-order chi connectivity index (χ1) is 9.56. The number of aromatic nitrogens is 1. The van der Waals surface area contributed by atoms with Crippen molar-refractivity contribution in [2.75, 3.05) is 7.11 Å². The minimum Gasteiger partial charge on any atom is -0.464 e. The molecule has 21 heavy (non-hydrogen) atoms. The Kier molecular flexibility index (Phi) is 4.60. The number of hydrogen-bond acceptors (Lipinski definition) is 6. The number of nitrogens with zero attached hydrogens (tertiary/aromatic N) is 2. The van der Waals surface area contributed by atoms with Crippen molar-refractivity contribution in [3.63, 3.8) is 0 Å². The lowest BCUT2D eigenvalue weighted by atomic mass is 10.1. The molecule has 0 aliphatic heterocycles. The minimum atomic E-state index is -5.28. The molecule has 0 aliphatic rings. The number of halogens is 5. The van der Waals surface area contributed by atoms with E-state index in [0.717, 1.165) is 7.11 Å². The van der Waals surface area contributed by atoms with E-state index in [4.69, 9.17) is 0 Å². The van der Waals surface area contributed by atoms with Gasteiger partial charge in [-0.1, -0.05) is 0 Å². The molecule has 0 spiro atoms. The zero-order valence-electron chi connectivity index (χ0n) is 9.98. The van der Waals surface area contributed by atoms with Gasteiger partial charge in [0, 0.05) is 6.07 Å². The molecule has 12 heteroatoms. The van der Waals surface area contributed by atoms with Gasteiger partial charge in [0.1, 0.15) is 5.56 Å². The second-order valence-corrected chi connectivity index (χ2v) is 3.34. The van der Waals surface area contributed by atoms with E-state index in [-0.39, 0.29) is 6.07 Å². The molecule has 1 heterocycles. The van der Waals surface area contributed by atoms with Crippen LogP contribution in [0, 0.1) is 10.1 Å². The van der Waals surface area contributed by atoms with Crippen molar-refractivity contribution in [3.05, 3.63) is 27.4 Å². The van der Waals surface area contributed by atoms with Crippen molar-refractivity contribution >= 4 is 11.7 Å². The summed E-state index contributed by atoms with van der Waals surface area (Å²) in [5, 5.41) is 10.7. The molecule has 0 N–H and O–H groups in total. The molecule has 1 aromatic rings. The van der Waals surface area contributed by atoms with E-state index in [1.54, 1.807) is 0 Å². The molecule has 0 unspecified atom stereocenters. The van der Waals surface area contributed by atoms with Gasteiger partial charge in [0.2, 0.25) is 11.6 Å². The number of hydrogen-bond donors (Lipinski definition) is 0. The summed E-state index contributed by atoms with van der Waals surface area (Å²) in [4.78, 5) is 23.5. The molecule has 0 saturated heterocycles. The van der Waals surface area contributed by atoms with Gasteiger partial charge in [-0.15, -0.1) is 13.2 Å². The standard InChI is InChI=1S/C9H5F5N2O5/c1-20-8(17)5-6(16(18)19)3(7(10)11)2-4(15-5)21-9(12,13)14/h2,7H,1H3. The van der Waals surface area contributed by atoms with E-state index < -0.39 is 46.5 Å². The number of ether oxygens (including phenoxy) is 2. The van der Waals surface area contributed by atoms with E-state index in [1.165, 1.54) is 0 Å². The highest BCUT2D eigenvalue weighted by molar-refractivity contribution is 5.92. The Bertz CT molecular complexity index is 574. The lowest BCUT2D eigenvalue weighted by Gasteiger charge is -2.11. The monoisotopic (exact) mass is 316 g/mol. The fraction of sp³-hybridized carbons (Fsp3) is 0.333. The van der Waals surface area contributed by atoms with Crippen molar-refractivity contribution in [3.8, 4) is 5.88 Å². The number of methoxy groups -OCH3 is 1. The lowest BCUT2D eigenvalue weighted by Crippen LogP contribution is -2.20. The summed E-state index contributed by atoms with van der Waals surface area (Å²) in [6, 6.07) is 0.0305. The van der Waals surface area contributed by atoms with Crippen molar-refractivity contribution in [1.29, 1.82) is 0 Å². The summed E-state index contributed by atoms with van der Waals surface area (Å²) in [6.07, 6.45) is -8.82. The highest BCUT2D eigenvalue weighted by atomic mass is 19.4. The smallest absolute Gasteiger partial charge is 0.464 e. The van der Waals surface area contributed by atoms with E-state index in [0.29, 0.717) is 0 Å². The van der Waals surface area contributed by atoms with Crippen LogP contribution in [0.5, 0.6) is 5.88 Å². The summed E-state index contributed by atoms with van der Waals surface area (Å²) in [7, 11) is 0.743. The maximum atomic E-state index is 12.7. The van der Waals surface area contributed by atoms with Crippen LogP contribution in [-0.2, 0) is 4.74 Å². The second-order valence-electron chi connectivity index (χ2n) is 3.34. The lowest BCUT2D eigenvalue weighted by molar-refractivity contribution is -0.387. The highest BCUT2D eigenvalue weighted by Crippen LogP contribution is 2.35. The minimum absolute atomic E-state index is 0.0305. The number of carbonyl (C=O) groups excluding carboxylic acids is 1. The second kappa shape index (κ2) is 5.85. The number of alkyl halides is 5. The average Bonchev–Trinajstić information content (AvgIpc) is 2.34. The predicted molar refractivity (Wildman–Crippen MR) is 53.9 cm³/mol. The molecular weight excluding hydrogens is 311 g/mol. The number of nitro groups is 1. The van der Waals surface area contributed by atoms with Gasteiger partial charge < -0.3 is 9.47 Å². The third-order valence-corrected chi connectivity index (χ3v) is 2.02. The Hall–Kier alpha value is -2.53. The molecule has 0 radical (unpaired) electrons. The highest BCUT2D eigenvalue weighted by Gasteiger charge is 2.37. The van der Waals surface area contributed by atoms with E-state index in [2.05, 4.69) is 14.5 Å². The molecule has 0 fully saturated rings. The zero-order chi connectivity index (χ0) is 16.4. The van der Waals surface area contributed by atoms with Gasteiger partial charge in [0.25, 0.3) is 6.43 Å². The van der Waals surface area contributed by atoms with Crippen LogP contribution in [0.4, 0.5) is 27.6 Å². The van der Waals surface area contributed by atoms with Crippen LogP contribution in [0.3, 0.4) is 0 Å². The molecule has 0 aromatic carbocycles. The van der Waals surface area contributed by atoms with Crippen molar-refractivity contribution in [1.82, 2.24) is 4.98 Å². The normalized spacial score (nSPS) is 11.4. The largest absolute Gasteiger partial charge is 0.574 e. The van der Waals surface area contributed by atoms with Gasteiger partial charge in [0.05, 0.1) is 12.0 Å². The molecule has 116 valence electrons. The topological polar surface area (TPSA) is 91.6 Å². The summed E-state index contributed by atoms with van der Waals surface area (Å²) in [6.45, 7) is 0. The Balaban J connectivity index is 3.57. The molecule has 1 rings (SSSR count). The Morgan fingerprint density at radius 1 is 1.43 bits per heavy atom. The van der Waals surface area contributed by atoms with Gasteiger partial charge in [-0.2, -0.15) is 4.98 Å². The Labute approximate surface area is 112 Å². The Morgan fingerprint density at radius 2 is 2.00 bits per heavy atom. The summed E-state index contributed by atoms with van der Waals surface area (Å²) in [5.41, 5.74) is -4.22. The summed E-state index contributed by atoms with van der Waals surface area (Å²) in [5.74, 6) is -3.00. The molecule has 1 aromatic heterocycles. The van der Waals surface area contributed by atoms with E-state index in [9.17, 15) is 36.9 Å². The number of rotatable bonds is 4. The van der Waals surface area contributed by atoms with Crippen LogP contribution in [0.25, 0.3) is 0 Å². The first-order valence-electron chi connectivity index (χ1n) is 4.88. The third-order valence-electron chi connectivity index (χ3n) is 2.02. The summed E-state index contributed by atoms with van der Waals surface area (Å²) < 4.78 is 68.9. The number of pyridine rings is 1. The SMILES string of the molecule is COC(=O)c1nc(OC(F)(F)F)cc(C(F)F)c1[N+](=O)[O-]. The molecule has 7 nitrogen and oxygen atoms in total. The van der Waals surface area contributed by atoms with Crippen LogP contribution in [0.2, 0.25) is 0 Å². The molecule has 0 aliphatic carbocycles. The third kappa shape index (κ3) is 3.97. The molecular formula is C9H5F5N2O5. The van der Waals surface area contributed by atoms with Crippen molar-refractivity contribution in [2.24, 2.45) is 0 Å². The van der Waals surface area contributed by atoms with Gasteiger partial charge in [-0.3, -0.25) is 10.1 Å². The quantitative estimate of drug-likeness (QED) is 0.367. The van der Waals surface area contributed by atoms with Crippen LogP contribution in [-0.4, -0.2) is 29.3 Å². The maximum Gasteiger partial charge on any atom is 0.574 e. The van der Waals surface area contributed by atoms with Crippen LogP contribution in [0.1, 0.15) is 22.5 Å². The Morgan fingerprint density at radius 3 is 2.38 bits per heavy atom. The first kappa shape index (κ1) is 16.5. The fourth-order valence-electron chi connectivity index (χ4n) is 1.30. The predicted octanol–water partition coefficient (Wildman–Crippen LogP) is 2.61. The molecule has 0 saturated carbocycles. The van der Waals surface area contributed by atoms with E-state index in [1.807, 2.05) is 0 Å². The molecule has 0 atom stereocenters. The molecule has 0 amide bonds. The van der Waals surface area contributed by atoms with Crippen LogP contribution in [0.15, 0.2) is 6.07 Å². The van der Waals surface area contributed by atoms with Gasteiger partial charge >= 0.3 is 18.0 Å². The van der Waals surface area contributed by atoms with Crippen LogP contribution >= 0.6 is 0 Å². The van der Waals surface area contributed by atoms with Crippen LogP contribution < -0.4 is 4.74 Å². The maximum absolute atomic E-state index is 12.7. The van der Waals surface area contributed by atoms with Gasteiger partial charge in [-0.05, 0) is 0 Å². The average molecular weight is 316 g/mol. The number of carbonyl (C=O) groups is 1. The van der Waals surface area contributed by atoms with Crippen molar-refractivity contribution < 1.29 is 41.1 Å².